The maximum atomic E-state index is 11.3. The fourth-order valence-corrected chi connectivity index (χ4v) is 2.30. The van der Waals surface area contributed by atoms with Crippen LogP contribution in [0.4, 0.5) is 0 Å². The first kappa shape index (κ1) is 18.3. The third-order valence-electron chi connectivity index (χ3n) is 3.94. The zero-order chi connectivity index (χ0) is 17.4. The first-order chi connectivity index (χ1) is 11.6. The van der Waals surface area contributed by atoms with Crippen molar-refractivity contribution in [2.45, 2.75) is 26.3 Å². The number of carbonyl (C=O) groups is 1. The minimum absolute atomic E-state index is 0.419. The Hall–Kier alpha value is -2.08. The van der Waals surface area contributed by atoms with Crippen LogP contribution in [0, 0.1) is 5.92 Å². The molecule has 0 radical (unpaired) electrons. The number of hydrogen-bond donors (Lipinski definition) is 2. The van der Waals surface area contributed by atoms with Gasteiger partial charge in [-0.05, 0) is 43.4 Å². The molecule has 0 atom stereocenters. The van der Waals surface area contributed by atoms with E-state index in [9.17, 15) is 4.79 Å². The van der Waals surface area contributed by atoms with Gasteiger partial charge in [0.15, 0.2) is 5.96 Å². The molecule has 1 aromatic carbocycles. The van der Waals surface area contributed by atoms with Crippen molar-refractivity contribution in [3.63, 3.8) is 0 Å². The number of ether oxygens (including phenoxy) is 1. The summed E-state index contributed by atoms with van der Waals surface area (Å²) in [5, 5.41) is 3.28. The molecule has 1 aliphatic rings. The number of primary amides is 1. The Bertz CT molecular complexity index is 570. The molecule has 1 aliphatic carbocycles. The number of guanidine groups is 1. The third-order valence-corrected chi connectivity index (χ3v) is 3.94. The van der Waals surface area contributed by atoms with E-state index in [1.165, 1.54) is 12.8 Å². The quantitative estimate of drug-likeness (QED) is 0.409. The predicted molar refractivity (Wildman–Crippen MR) is 95.9 cm³/mol. The van der Waals surface area contributed by atoms with E-state index in [-0.39, 0.29) is 0 Å². The van der Waals surface area contributed by atoms with E-state index in [4.69, 9.17) is 10.5 Å². The van der Waals surface area contributed by atoms with E-state index in [0.717, 1.165) is 37.1 Å². The maximum absolute atomic E-state index is 11.3. The summed E-state index contributed by atoms with van der Waals surface area (Å²) in [4.78, 5) is 18.0. The Morgan fingerprint density at radius 3 is 2.92 bits per heavy atom. The molecule has 0 unspecified atom stereocenters. The normalized spacial score (nSPS) is 14.5. The summed E-state index contributed by atoms with van der Waals surface area (Å²) in [7, 11) is 2.00. The zero-order valence-corrected chi connectivity index (χ0v) is 14.6. The summed E-state index contributed by atoms with van der Waals surface area (Å²) in [6.07, 6.45) is 2.62. The van der Waals surface area contributed by atoms with Crippen LogP contribution in [0.2, 0.25) is 0 Å². The molecule has 1 amide bonds. The Morgan fingerprint density at radius 2 is 2.25 bits per heavy atom. The van der Waals surface area contributed by atoms with Crippen LogP contribution in [0.25, 0.3) is 0 Å². The van der Waals surface area contributed by atoms with Gasteiger partial charge >= 0.3 is 0 Å². The second-order valence-electron chi connectivity index (χ2n) is 6.17. The standard InChI is InChI=1S/C18H28N4O2/c1-3-20-18(22(2)9-10-24-13-14-7-8-14)21-12-15-5-4-6-16(11-15)17(19)23/h4-6,11,14H,3,7-10,12-13H2,1-2H3,(H2,19,23)(H,20,21). The molecule has 0 bridgehead atoms. The summed E-state index contributed by atoms with van der Waals surface area (Å²) in [6.45, 7) is 5.71. The van der Waals surface area contributed by atoms with Crippen LogP contribution in [-0.4, -0.2) is 50.1 Å². The monoisotopic (exact) mass is 332 g/mol. The summed E-state index contributed by atoms with van der Waals surface area (Å²) >= 11 is 0. The van der Waals surface area contributed by atoms with Crippen molar-refractivity contribution >= 4 is 11.9 Å². The number of nitrogens with zero attached hydrogens (tertiary/aromatic N) is 2. The molecular weight excluding hydrogens is 304 g/mol. The third kappa shape index (κ3) is 6.20. The van der Waals surface area contributed by atoms with E-state index in [1.54, 1.807) is 12.1 Å². The fourth-order valence-electron chi connectivity index (χ4n) is 2.30. The highest BCUT2D eigenvalue weighted by molar-refractivity contribution is 5.92. The Morgan fingerprint density at radius 1 is 1.46 bits per heavy atom. The number of benzene rings is 1. The van der Waals surface area contributed by atoms with Gasteiger partial charge in [0.2, 0.25) is 5.91 Å². The highest BCUT2D eigenvalue weighted by Gasteiger charge is 2.21. The Labute approximate surface area is 144 Å². The molecule has 2 rings (SSSR count). The SMILES string of the molecule is CCNC(=NCc1cccc(C(N)=O)c1)N(C)CCOCC1CC1. The van der Waals surface area contributed by atoms with Crippen LogP contribution in [-0.2, 0) is 11.3 Å². The minimum Gasteiger partial charge on any atom is -0.379 e. The molecule has 6 heteroatoms. The topological polar surface area (TPSA) is 79.9 Å². The second kappa shape index (κ2) is 9.27. The molecule has 132 valence electrons. The van der Waals surface area contributed by atoms with Crippen molar-refractivity contribution in [3.8, 4) is 0 Å². The summed E-state index contributed by atoms with van der Waals surface area (Å²) in [6, 6.07) is 7.27. The molecule has 0 saturated heterocycles. The number of carbonyl (C=O) groups excluding carboxylic acids is 1. The van der Waals surface area contributed by atoms with Gasteiger partial charge in [-0.25, -0.2) is 4.99 Å². The molecule has 6 nitrogen and oxygen atoms in total. The van der Waals surface area contributed by atoms with Crippen molar-refractivity contribution in [1.82, 2.24) is 10.2 Å². The summed E-state index contributed by atoms with van der Waals surface area (Å²) in [5.41, 5.74) is 6.79. The molecule has 0 heterocycles. The zero-order valence-electron chi connectivity index (χ0n) is 14.6. The van der Waals surface area contributed by atoms with Gasteiger partial charge in [0.05, 0.1) is 13.2 Å². The van der Waals surface area contributed by atoms with Gasteiger partial charge in [0, 0.05) is 32.3 Å². The fraction of sp³-hybridized carbons (Fsp3) is 0.556. The lowest BCUT2D eigenvalue weighted by molar-refractivity contribution is 0.1000. The van der Waals surface area contributed by atoms with Crippen LogP contribution in [0.1, 0.15) is 35.7 Å². The lowest BCUT2D eigenvalue weighted by Gasteiger charge is -2.22. The number of hydrogen-bond acceptors (Lipinski definition) is 3. The first-order valence-electron chi connectivity index (χ1n) is 8.56. The van der Waals surface area contributed by atoms with E-state index >= 15 is 0 Å². The van der Waals surface area contributed by atoms with Crippen LogP contribution in [0.5, 0.6) is 0 Å². The van der Waals surface area contributed by atoms with Crippen molar-refractivity contribution in [3.05, 3.63) is 35.4 Å². The van der Waals surface area contributed by atoms with E-state index in [1.807, 2.05) is 26.1 Å². The maximum Gasteiger partial charge on any atom is 0.248 e. The number of rotatable bonds is 9. The second-order valence-corrected chi connectivity index (χ2v) is 6.17. The number of aliphatic imine (C=N–C) groups is 1. The number of amides is 1. The van der Waals surface area contributed by atoms with Gasteiger partial charge < -0.3 is 20.7 Å². The van der Waals surface area contributed by atoms with E-state index < -0.39 is 5.91 Å². The lowest BCUT2D eigenvalue weighted by Crippen LogP contribution is -2.40. The van der Waals surface area contributed by atoms with Gasteiger partial charge in [-0.15, -0.1) is 0 Å². The van der Waals surface area contributed by atoms with Crippen LogP contribution in [0.15, 0.2) is 29.3 Å². The molecule has 1 fully saturated rings. The van der Waals surface area contributed by atoms with Crippen molar-refractivity contribution < 1.29 is 9.53 Å². The van der Waals surface area contributed by atoms with Gasteiger partial charge in [-0.2, -0.15) is 0 Å². The minimum atomic E-state index is -0.419. The van der Waals surface area contributed by atoms with Crippen molar-refractivity contribution in [2.75, 3.05) is 33.4 Å². The number of nitrogens with one attached hydrogen (secondary N) is 1. The van der Waals surface area contributed by atoms with E-state index in [0.29, 0.717) is 18.7 Å². The predicted octanol–water partition coefficient (Wildman–Crippen LogP) is 1.61. The molecule has 0 aromatic heterocycles. The average molecular weight is 332 g/mol. The Balaban J connectivity index is 1.88. The Kier molecular flexibility index (Phi) is 7.06. The lowest BCUT2D eigenvalue weighted by atomic mass is 10.1. The summed E-state index contributed by atoms with van der Waals surface area (Å²) < 4.78 is 5.69. The first-order valence-corrected chi connectivity index (χ1v) is 8.56. The molecule has 1 aromatic rings. The van der Waals surface area contributed by atoms with Gasteiger partial charge in [-0.1, -0.05) is 12.1 Å². The highest BCUT2D eigenvalue weighted by Crippen LogP contribution is 2.28. The van der Waals surface area contributed by atoms with Crippen LogP contribution in [0.3, 0.4) is 0 Å². The number of likely N-dealkylation sites (N-methyl/N-ethyl adjacent to an activating group) is 1. The van der Waals surface area contributed by atoms with E-state index in [2.05, 4.69) is 15.2 Å². The number of nitrogens with two attached hydrogens (primary N) is 1. The molecule has 24 heavy (non-hydrogen) atoms. The van der Waals surface area contributed by atoms with Gasteiger partial charge in [0.1, 0.15) is 0 Å². The van der Waals surface area contributed by atoms with Crippen molar-refractivity contribution in [1.29, 1.82) is 0 Å². The smallest absolute Gasteiger partial charge is 0.248 e. The highest BCUT2D eigenvalue weighted by atomic mass is 16.5. The van der Waals surface area contributed by atoms with Gasteiger partial charge in [0.25, 0.3) is 0 Å². The molecular formula is C18H28N4O2. The van der Waals surface area contributed by atoms with Gasteiger partial charge in [-0.3, -0.25) is 4.79 Å². The molecule has 0 spiro atoms. The van der Waals surface area contributed by atoms with Crippen molar-refractivity contribution in [2.24, 2.45) is 16.6 Å². The van der Waals surface area contributed by atoms with Crippen LogP contribution < -0.4 is 11.1 Å². The molecule has 3 N–H and O–H groups in total. The largest absolute Gasteiger partial charge is 0.379 e. The average Bonchev–Trinajstić information content (AvgIpc) is 3.39. The summed E-state index contributed by atoms with van der Waals surface area (Å²) in [5.74, 6) is 1.20. The van der Waals surface area contributed by atoms with Crippen LogP contribution >= 0.6 is 0 Å². The molecule has 1 saturated carbocycles. The molecule has 0 aliphatic heterocycles.